The highest BCUT2D eigenvalue weighted by molar-refractivity contribution is 7.99. The van der Waals surface area contributed by atoms with Gasteiger partial charge in [0.2, 0.25) is 0 Å². The minimum Gasteiger partial charge on any atom is -0.348 e. The molecule has 1 unspecified atom stereocenters. The molecule has 4 nitrogen and oxygen atoms in total. The van der Waals surface area contributed by atoms with Crippen molar-refractivity contribution in [1.82, 2.24) is 15.2 Å². The van der Waals surface area contributed by atoms with Crippen LogP contribution in [0.1, 0.15) is 28.9 Å². The largest absolute Gasteiger partial charge is 0.433 e. The zero-order chi connectivity index (χ0) is 19.7. The quantitative estimate of drug-likeness (QED) is 0.830. The number of halogens is 3. The second-order valence-electron chi connectivity index (χ2n) is 7.20. The van der Waals surface area contributed by atoms with Crippen LogP contribution in [0.3, 0.4) is 0 Å². The highest BCUT2D eigenvalue weighted by Crippen LogP contribution is 2.32. The minimum absolute atomic E-state index is 0.104. The molecule has 8 heteroatoms. The normalized spacial score (nSPS) is 24.2. The number of hydrogen-bond acceptors (Lipinski definition) is 4. The third-order valence-electron chi connectivity index (χ3n) is 5.33. The summed E-state index contributed by atoms with van der Waals surface area (Å²) in [5.41, 5.74) is -0.358. The summed E-state index contributed by atoms with van der Waals surface area (Å²) in [5, 5.41) is 3.40. The first-order chi connectivity index (χ1) is 13.4. The van der Waals surface area contributed by atoms with Crippen molar-refractivity contribution >= 4 is 17.7 Å². The predicted octanol–water partition coefficient (Wildman–Crippen LogP) is 4.08. The van der Waals surface area contributed by atoms with Crippen molar-refractivity contribution in [2.45, 2.75) is 35.0 Å². The van der Waals surface area contributed by atoms with E-state index in [2.05, 4.69) is 15.2 Å². The molecule has 1 amide bonds. The lowest BCUT2D eigenvalue weighted by Crippen LogP contribution is -2.57. The zero-order valence-corrected chi connectivity index (χ0v) is 15.9. The van der Waals surface area contributed by atoms with Crippen LogP contribution in [0, 0.1) is 5.92 Å². The van der Waals surface area contributed by atoms with Gasteiger partial charge in [-0.25, -0.2) is 4.98 Å². The van der Waals surface area contributed by atoms with Gasteiger partial charge >= 0.3 is 6.18 Å². The van der Waals surface area contributed by atoms with E-state index in [-0.39, 0.29) is 17.0 Å². The SMILES string of the molecule is O=C(NC1CN2CCC1CC2)c1ccc(Sc2cccc(C(F)(F)F)n2)cc1. The number of pyridine rings is 1. The Kier molecular flexibility index (Phi) is 5.33. The van der Waals surface area contributed by atoms with E-state index in [4.69, 9.17) is 0 Å². The van der Waals surface area contributed by atoms with Crippen LogP contribution in [0.25, 0.3) is 0 Å². The Morgan fingerprint density at radius 1 is 1.11 bits per heavy atom. The van der Waals surface area contributed by atoms with Gasteiger partial charge in [-0.15, -0.1) is 0 Å². The van der Waals surface area contributed by atoms with Crippen molar-refractivity contribution in [1.29, 1.82) is 0 Å². The fraction of sp³-hybridized carbons (Fsp3) is 0.400. The molecule has 3 fully saturated rings. The van der Waals surface area contributed by atoms with Crippen LogP contribution in [0.5, 0.6) is 0 Å². The highest BCUT2D eigenvalue weighted by Gasteiger charge is 2.35. The van der Waals surface area contributed by atoms with E-state index in [9.17, 15) is 18.0 Å². The molecule has 3 aliphatic heterocycles. The molecular weight excluding hydrogens is 387 g/mol. The number of rotatable bonds is 4. The van der Waals surface area contributed by atoms with Crippen LogP contribution < -0.4 is 5.32 Å². The molecule has 2 bridgehead atoms. The number of hydrogen-bond donors (Lipinski definition) is 1. The lowest BCUT2D eigenvalue weighted by molar-refractivity contribution is -0.141. The average Bonchev–Trinajstić information content (AvgIpc) is 2.69. The Morgan fingerprint density at radius 3 is 2.43 bits per heavy atom. The van der Waals surface area contributed by atoms with Crippen molar-refractivity contribution in [3.05, 3.63) is 53.7 Å². The summed E-state index contributed by atoms with van der Waals surface area (Å²) in [6.45, 7) is 3.14. The van der Waals surface area contributed by atoms with Crippen LogP contribution >= 0.6 is 11.8 Å². The summed E-state index contributed by atoms with van der Waals surface area (Å²) in [7, 11) is 0. The summed E-state index contributed by atoms with van der Waals surface area (Å²) >= 11 is 1.13. The van der Waals surface area contributed by atoms with E-state index >= 15 is 0 Å². The number of alkyl halides is 3. The lowest BCUT2D eigenvalue weighted by Gasteiger charge is -2.44. The molecule has 0 aliphatic carbocycles. The summed E-state index contributed by atoms with van der Waals surface area (Å²) < 4.78 is 38.3. The summed E-state index contributed by atoms with van der Waals surface area (Å²) in [5.74, 6) is 0.447. The van der Waals surface area contributed by atoms with E-state index in [1.54, 1.807) is 24.3 Å². The van der Waals surface area contributed by atoms with Gasteiger partial charge in [0, 0.05) is 23.0 Å². The van der Waals surface area contributed by atoms with E-state index in [1.165, 1.54) is 12.1 Å². The van der Waals surface area contributed by atoms with Crippen molar-refractivity contribution in [2.75, 3.05) is 19.6 Å². The third-order valence-corrected chi connectivity index (χ3v) is 6.27. The van der Waals surface area contributed by atoms with Crippen LogP contribution in [-0.4, -0.2) is 41.5 Å². The van der Waals surface area contributed by atoms with E-state index in [0.717, 1.165) is 55.2 Å². The molecule has 3 saturated heterocycles. The van der Waals surface area contributed by atoms with E-state index in [0.29, 0.717) is 11.5 Å². The molecule has 3 aliphatic rings. The summed E-state index contributed by atoms with van der Waals surface area (Å²) in [4.78, 5) is 19.3. The van der Waals surface area contributed by atoms with Gasteiger partial charge in [-0.1, -0.05) is 17.8 Å². The molecule has 2 aromatic rings. The van der Waals surface area contributed by atoms with Gasteiger partial charge in [0.25, 0.3) is 5.91 Å². The fourth-order valence-electron chi connectivity index (χ4n) is 3.80. The smallest absolute Gasteiger partial charge is 0.348 e. The summed E-state index contributed by atoms with van der Waals surface area (Å²) in [6, 6.07) is 10.9. The Morgan fingerprint density at radius 2 is 1.82 bits per heavy atom. The van der Waals surface area contributed by atoms with Gasteiger partial charge in [0.1, 0.15) is 10.7 Å². The number of benzene rings is 1. The molecule has 0 saturated carbocycles. The molecule has 1 N–H and O–H groups in total. The van der Waals surface area contributed by atoms with Crippen LogP contribution in [0.15, 0.2) is 52.4 Å². The lowest BCUT2D eigenvalue weighted by atomic mass is 9.84. The summed E-state index contributed by atoms with van der Waals surface area (Å²) in [6.07, 6.45) is -2.21. The van der Waals surface area contributed by atoms with Crippen LogP contribution in [-0.2, 0) is 6.18 Å². The van der Waals surface area contributed by atoms with Crippen molar-refractivity contribution in [3.63, 3.8) is 0 Å². The predicted molar refractivity (Wildman–Crippen MR) is 100 cm³/mol. The van der Waals surface area contributed by atoms with Gasteiger partial charge in [-0.3, -0.25) is 4.79 Å². The molecule has 4 heterocycles. The number of piperidine rings is 3. The highest BCUT2D eigenvalue weighted by atomic mass is 32.2. The maximum atomic E-state index is 12.8. The standard InChI is InChI=1S/C20H20F3N3OS/c21-20(22,23)17-2-1-3-18(25-17)28-15-6-4-14(5-7-15)19(27)24-16-12-26-10-8-13(16)9-11-26/h1-7,13,16H,8-12H2,(H,24,27). The zero-order valence-electron chi connectivity index (χ0n) is 15.1. The first-order valence-electron chi connectivity index (χ1n) is 9.24. The van der Waals surface area contributed by atoms with Crippen LogP contribution in [0.4, 0.5) is 13.2 Å². The number of nitrogens with one attached hydrogen (secondary N) is 1. The number of carbonyl (C=O) groups excluding carboxylic acids is 1. The van der Waals surface area contributed by atoms with Crippen LogP contribution in [0.2, 0.25) is 0 Å². The fourth-order valence-corrected chi connectivity index (χ4v) is 4.61. The van der Waals surface area contributed by atoms with Gasteiger partial charge in [-0.2, -0.15) is 13.2 Å². The Bertz CT molecular complexity index is 849. The monoisotopic (exact) mass is 407 g/mol. The number of carbonyl (C=O) groups is 1. The van der Waals surface area contributed by atoms with Gasteiger partial charge in [0.15, 0.2) is 0 Å². The average molecular weight is 407 g/mol. The molecule has 1 atom stereocenters. The van der Waals surface area contributed by atoms with Gasteiger partial charge < -0.3 is 10.2 Å². The minimum atomic E-state index is -4.46. The molecule has 1 aromatic carbocycles. The second-order valence-corrected chi connectivity index (χ2v) is 8.30. The number of fused-ring (bicyclic) bond motifs is 3. The Labute approximate surface area is 165 Å². The van der Waals surface area contributed by atoms with Crippen molar-refractivity contribution < 1.29 is 18.0 Å². The van der Waals surface area contributed by atoms with Crippen molar-refractivity contribution in [2.24, 2.45) is 5.92 Å². The molecule has 148 valence electrons. The number of amides is 1. The van der Waals surface area contributed by atoms with Crippen molar-refractivity contribution in [3.8, 4) is 0 Å². The Hall–Kier alpha value is -2.06. The van der Waals surface area contributed by atoms with Gasteiger partial charge in [0.05, 0.1) is 0 Å². The van der Waals surface area contributed by atoms with Gasteiger partial charge in [-0.05, 0) is 68.2 Å². The first-order valence-corrected chi connectivity index (χ1v) is 10.1. The number of nitrogens with zero attached hydrogens (tertiary/aromatic N) is 2. The molecular formula is C20H20F3N3OS. The molecule has 28 heavy (non-hydrogen) atoms. The molecule has 5 rings (SSSR count). The topological polar surface area (TPSA) is 45.2 Å². The molecule has 0 spiro atoms. The first kappa shape index (κ1) is 19.3. The maximum absolute atomic E-state index is 12.8. The third kappa shape index (κ3) is 4.33. The second kappa shape index (κ2) is 7.75. The molecule has 0 radical (unpaired) electrons. The maximum Gasteiger partial charge on any atom is 0.433 e. The number of aromatic nitrogens is 1. The molecule has 1 aromatic heterocycles. The van der Waals surface area contributed by atoms with E-state index in [1.807, 2.05) is 0 Å². The Balaban J connectivity index is 1.39. The van der Waals surface area contributed by atoms with E-state index < -0.39 is 11.9 Å².